The van der Waals surface area contributed by atoms with Crippen LogP contribution in [0, 0.1) is 0 Å². The normalized spacial score (nSPS) is 10.1. The highest BCUT2D eigenvalue weighted by atomic mass is 79.9. The zero-order valence-electron chi connectivity index (χ0n) is 9.42. The van der Waals surface area contributed by atoms with Gasteiger partial charge in [-0.1, -0.05) is 28.9 Å². The van der Waals surface area contributed by atoms with Gasteiger partial charge in [-0.2, -0.15) is 0 Å². The lowest BCUT2D eigenvalue weighted by Gasteiger charge is -2.06. The van der Waals surface area contributed by atoms with Gasteiger partial charge in [0.1, 0.15) is 0 Å². The summed E-state index contributed by atoms with van der Waals surface area (Å²) in [7, 11) is 0. The summed E-state index contributed by atoms with van der Waals surface area (Å²) >= 11 is 3.34. The average molecular weight is 285 g/mol. The third kappa shape index (κ3) is 4.77. The molecule has 0 aliphatic rings. The lowest BCUT2D eigenvalue weighted by atomic mass is 10.2. The van der Waals surface area contributed by atoms with Crippen molar-refractivity contribution >= 4 is 21.8 Å². The first-order chi connectivity index (χ1) is 7.74. The lowest BCUT2D eigenvalue weighted by molar-refractivity contribution is 0.0954. The molecule has 0 saturated heterocycles. The molecule has 0 aromatic heterocycles. The van der Waals surface area contributed by atoms with E-state index in [0.29, 0.717) is 12.1 Å². The Balaban J connectivity index is 2.30. The van der Waals surface area contributed by atoms with Gasteiger partial charge in [-0.3, -0.25) is 4.79 Å². The molecule has 88 valence electrons. The van der Waals surface area contributed by atoms with E-state index in [1.165, 1.54) is 0 Å². The fourth-order valence-corrected chi connectivity index (χ4v) is 1.70. The van der Waals surface area contributed by atoms with Crippen molar-refractivity contribution in [2.45, 2.75) is 13.3 Å². The molecule has 0 spiro atoms. The van der Waals surface area contributed by atoms with Crippen LogP contribution in [-0.2, 0) is 0 Å². The monoisotopic (exact) mass is 284 g/mol. The molecule has 2 N–H and O–H groups in total. The summed E-state index contributed by atoms with van der Waals surface area (Å²) in [6, 6.07) is 7.38. The quantitative estimate of drug-likeness (QED) is 0.787. The van der Waals surface area contributed by atoms with Gasteiger partial charge in [-0.15, -0.1) is 0 Å². The fraction of sp³-hybridized carbons (Fsp3) is 0.417. The molecule has 0 bridgehead atoms. The molecule has 0 saturated carbocycles. The van der Waals surface area contributed by atoms with Crippen LogP contribution in [0.1, 0.15) is 23.7 Å². The number of amides is 1. The van der Waals surface area contributed by atoms with Crippen molar-refractivity contribution in [1.82, 2.24) is 10.6 Å². The molecule has 1 aromatic rings. The van der Waals surface area contributed by atoms with Gasteiger partial charge in [-0.25, -0.2) is 0 Å². The molecule has 16 heavy (non-hydrogen) atoms. The fourth-order valence-electron chi connectivity index (χ4n) is 1.30. The largest absolute Gasteiger partial charge is 0.351 e. The van der Waals surface area contributed by atoms with E-state index in [4.69, 9.17) is 0 Å². The van der Waals surface area contributed by atoms with E-state index in [1.54, 1.807) is 6.07 Å². The first kappa shape index (κ1) is 13.2. The Labute approximate surface area is 105 Å². The van der Waals surface area contributed by atoms with Crippen LogP contribution in [0.5, 0.6) is 0 Å². The molecule has 1 aromatic carbocycles. The summed E-state index contributed by atoms with van der Waals surface area (Å²) < 4.78 is 0.921. The van der Waals surface area contributed by atoms with Gasteiger partial charge in [-0.05, 0) is 31.2 Å². The van der Waals surface area contributed by atoms with E-state index in [2.05, 4.69) is 33.5 Å². The Morgan fingerprint density at radius 2 is 2.12 bits per heavy atom. The lowest BCUT2D eigenvalue weighted by Crippen LogP contribution is -2.32. The second-order valence-electron chi connectivity index (χ2n) is 3.52. The minimum atomic E-state index is -0.0281. The zero-order valence-corrected chi connectivity index (χ0v) is 11.0. The molecule has 0 aliphatic carbocycles. The summed E-state index contributed by atoms with van der Waals surface area (Å²) in [6.07, 6.45) is 1.11. The first-order valence-electron chi connectivity index (χ1n) is 5.48. The molecule has 1 amide bonds. The maximum atomic E-state index is 11.7. The summed E-state index contributed by atoms with van der Waals surface area (Å²) in [5.74, 6) is -0.0281. The number of carbonyl (C=O) groups is 1. The second kappa shape index (κ2) is 7.41. The second-order valence-corrected chi connectivity index (χ2v) is 4.43. The highest BCUT2D eigenvalue weighted by molar-refractivity contribution is 9.10. The van der Waals surface area contributed by atoms with Crippen molar-refractivity contribution in [3.63, 3.8) is 0 Å². The number of hydrogen-bond donors (Lipinski definition) is 2. The maximum Gasteiger partial charge on any atom is 0.251 e. The predicted molar refractivity (Wildman–Crippen MR) is 69.6 cm³/mol. The van der Waals surface area contributed by atoms with Gasteiger partial charge in [0, 0.05) is 23.1 Å². The van der Waals surface area contributed by atoms with E-state index in [9.17, 15) is 4.79 Å². The Kier molecular flexibility index (Phi) is 6.11. The standard InChI is InChI=1S/C12H17BrN2O/c1-2-6-14-7-8-15-12(16)10-4-3-5-11(13)9-10/h3-5,9,14H,2,6-8H2,1H3,(H,15,16). The van der Waals surface area contributed by atoms with Crippen molar-refractivity contribution in [2.75, 3.05) is 19.6 Å². The Bertz CT molecular complexity index is 342. The third-order valence-corrected chi connectivity index (χ3v) is 2.59. The van der Waals surface area contributed by atoms with Crippen molar-refractivity contribution in [3.05, 3.63) is 34.3 Å². The topological polar surface area (TPSA) is 41.1 Å². The van der Waals surface area contributed by atoms with Gasteiger partial charge >= 0.3 is 0 Å². The maximum absolute atomic E-state index is 11.7. The van der Waals surface area contributed by atoms with Gasteiger partial charge in [0.15, 0.2) is 0 Å². The number of hydrogen-bond acceptors (Lipinski definition) is 2. The van der Waals surface area contributed by atoms with E-state index in [1.807, 2.05) is 18.2 Å². The molecule has 1 rings (SSSR count). The molecule has 0 radical (unpaired) electrons. The molecule has 0 aliphatic heterocycles. The average Bonchev–Trinajstić information content (AvgIpc) is 2.28. The van der Waals surface area contributed by atoms with Gasteiger partial charge in [0.25, 0.3) is 5.91 Å². The minimum absolute atomic E-state index is 0.0281. The van der Waals surface area contributed by atoms with E-state index in [-0.39, 0.29) is 5.91 Å². The molecule has 3 nitrogen and oxygen atoms in total. The number of halogens is 1. The van der Waals surface area contributed by atoms with Crippen LogP contribution in [0.3, 0.4) is 0 Å². The smallest absolute Gasteiger partial charge is 0.251 e. The van der Waals surface area contributed by atoms with Gasteiger partial charge < -0.3 is 10.6 Å². The highest BCUT2D eigenvalue weighted by Gasteiger charge is 2.03. The van der Waals surface area contributed by atoms with E-state index in [0.717, 1.165) is 24.0 Å². The molecule has 0 heterocycles. The SMILES string of the molecule is CCCNCCNC(=O)c1cccc(Br)c1. The number of nitrogens with one attached hydrogen (secondary N) is 2. The van der Waals surface area contributed by atoms with Crippen LogP contribution in [0.4, 0.5) is 0 Å². The molecule has 0 fully saturated rings. The molecule has 4 heteroatoms. The minimum Gasteiger partial charge on any atom is -0.351 e. The predicted octanol–water partition coefficient (Wildman–Crippen LogP) is 2.18. The Morgan fingerprint density at radius 3 is 2.81 bits per heavy atom. The van der Waals surface area contributed by atoms with Crippen LogP contribution < -0.4 is 10.6 Å². The van der Waals surface area contributed by atoms with Gasteiger partial charge in [0.05, 0.1) is 0 Å². The van der Waals surface area contributed by atoms with Crippen LogP contribution in [0.25, 0.3) is 0 Å². The molecule has 0 unspecified atom stereocenters. The zero-order chi connectivity index (χ0) is 11.8. The van der Waals surface area contributed by atoms with Crippen LogP contribution in [0.15, 0.2) is 28.7 Å². The number of benzene rings is 1. The highest BCUT2D eigenvalue weighted by Crippen LogP contribution is 2.11. The Morgan fingerprint density at radius 1 is 1.31 bits per heavy atom. The molecular weight excluding hydrogens is 268 g/mol. The van der Waals surface area contributed by atoms with Crippen LogP contribution >= 0.6 is 15.9 Å². The summed E-state index contributed by atoms with van der Waals surface area (Å²) in [5, 5.41) is 6.09. The number of rotatable bonds is 6. The molecular formula is C12H17BrN2O. The van der Waals surface area contributed by atoms with Crippen LogP contribution in [0.2, 0.25) is 0 Å². The van der Waals surface area contributed by atoms with Crippen molar-refractivity contribution in [1.29, 1.82) is 0 Å². The van der Waals surface area contributed by atoms with Crippen molar-refractivity contribution in [2.24, 2.45) is 0 Å². The van der Waals surface area contributed by atoms with E-state index >= 15 is 0 Å². The van der Waals surface area contributed by atoms with E-state index < -0.39 is 0 Å². The summed E-state index contributed by atoms with van der Waals surface area (Å²) in [5.41, 5.74) is 0.685. The first-order valence-corrected chi connectivity index (χ1v) is 6.28. The van der Waals surface area contributed by atoms with Crippen molar-refractivity contribution < 1.29 is 4.79 Å². The third-order valence-electron chi connectivity index (χ3n) is 2.10. The summed E-state index contributed by atoms with van der Waals surface area (Å²) in [6.45, 7) is 4.58. The van der Waals surface area contributed by atoms with Crippen LogP contribution in [-0.4, -0.2) is 25.5 Å². The van der Waals surface area contributed by atoms with Gasteiger partial charge in [0.2, 0.25) is 0 Å². The molecule has 0 atom stereocenters. The number of carbonyl (C=O) groups excluding carboxylic acids is 1. The summed E-state index contributed by atoms with van der Waals surface area (Å²) in [4.78, 5) is 11.7. The van der Waals surface area contributed by atoms with Crippen molar-refractivity contribution in [3.8, 4) is 0 Å². The Hall–Kier alpha value is -0.870.